The van der Waals surface area contributed by atoms with Gasteiger partial charge in [-0.2, -0.15) is 12.7 Å². The molecule has 0 radical (unpaired) electrons. The Morgan fingerprint density at radius 3 is 1.90 bits per heavy atom. The summed E-state index contributed by atoms with van der Waals surface area (Å²) in [7, 11) is -2.07. The number of hydrogen-bond acceptors (Lipinski definition) is 10. The van der Waals surface area contributed by atoms with Crippen molar-refractivity contribution in [3.05, 3.63) is 93.6 Å². The third-order valence-electron chi connectivity index (χ3n) is 9.13. The number of benzene rings is 3. The molecular formula is C37H46N2O8S2. The molecule has 0 atom stereocenters. The number of phenolic OH excluding ortho intramolecular Hbond substituents is 2. The predicted molar refractivity (Wildman–Crippen MR) is 190 cm³/mol. The Labute approximate surface area is 293 Å². The van der Waals surface area contributed by atoms with Crippen molar-refractivity contribution in [2.24, 2.45) is 0 Å². The Bertz CT molecular complexity index is 1740. The van der Waals surface area contributed by atoms with Crippen LogP contribution in [0.5, 0.6) is 17.2 Å². The van der Waals surface area contributed by atoms with Gasteiger partial charge in [-0.25, -0.2) is 4.79 Å². The second-order valence-corrected chi connectivity index (χ2v) is 16.7. The molecule has 0 spiro atoms. The lowest BCUT2D eigenvalue weighted by atomic mass is 9.84. The molecule has 49 heavy (non-hydrogen) atoms. The Hall–Kier alpha value is -3.71. The van der Waals surface area contributed by atoms with E-state index in [0.29, 0.717) is 62.3 Å². The number of carbonyl (C=O) groups is 1. The molecule has 0 bridgehead atoms. The number of aliphatic hydroxyl groups excluding tert-OH is 1. The molecule has 1 saturated heterocycles. The highest BCUT2D eigenvalue weighted by atomic mass is 32.2. The van der Waals surface area contributed by atoms with E-state index in [0.717, 1.165) is 28.5 Å². The SMILES string of the molecule is Cc1cc(SC2=C(O)CC(CCc3ccc(O)cc3)(CCc3ccc(O)cc3)OC2=O)c(C(C)(C)C)cc1OS(=O)(=O)N1CCN(C)CC1. The lowest BCUT2D eigenvalue weighted by molar-refractivity contribution is -0.159. The van der Waals surface area contributed by atoms with Crippen molar-refractivity contribution in [3.8, 4) is 17.2 Å². The number of nitrogens with zero attached hydrogens (tertiary/aromatic N) is 2. The van der Waals surface area contributed by atoms with Gasteiger partial charge in [0.1, 0.15) is 33.5 Å². The van der Waals surface area contributed by atoms with E-state index < -0.39 is 27.3 Å². The molecule has 264 valence electrons. The highest BCUT2D eigenvalue weighted by Crippen LogP contribution is 2.45. The standard InChI is InChI=1S/C37H46N2O8S2/c1-25-22-33(30(36(2,3)4)23-32(25)47-49(44,45)39-20-18-38(5)19-21-39)48-34-31(42)24-37(46-35(34)43,16-14-26-6-10-28(40)11-7-26)17-15-27-8-12-29(41)13-9-27/h6-13,22-23,40-42H,14-21,24H2,1-5H3. The predicted octanol–water partition coefficient (Wildman–Crippen LogP) is 6.39. The normalized spacial score (nSPS) is 17.6. The van der Waals surface area contributed by atoms with E-state index >= 15 is 0 Å². The molecule has 5 rings (SSSR count). The number of cyclic esters (lactones) is 1. The van der Waals surface area contributed by atoms with Gasteiger partial charge in [0.25, 0.3) is 0 Å². The van der Waals surface area contributed by atoms with Gasteiger partial charge in [-0.15, -0.1) is 0 Å². The third kappa shape index (κ3) is 9.10. The minimum Gasteiger partial charge on any atom is -0.511 e. The highest BCUT2D eigenvalue weighted by molar-refractivity contribution is 8.04. The molecule has 1 fully saturated rings. The average molecular weight is 711 g/mol. The van der Waals surface area contributed by atoms with E-state index in [1.807, 2.05) is 52.1 Å². The van der Waals surface area contributed by atoms with E-state index in [-0.39, 0.29) is 34.3 Å². The molecule has 0 saturated carbocycles. The molecule has 10 nitrogen and oxygen atoms in total. The number of aromatic hydroxyl groups is 2. The van der Waals surface area contributed by atoms with Gasteiger partial charge >= 0.3 is 16.3 Å². The van der Waals surface area contributed by atoms with E-state index in [1.165, 1.54) is 4.31 Å². The monoisotopic (exact) mass is 710 g/mol. The smallest absolute Gasteiger partial charge is 0.385 e. The zero-order chi connectivity index (χ0) is 35.6. The molecule has 2 aliphatic rings. The van der Waals surface area contributed by atoms with Gasteiger partial charge < -0.3 is 29.1 Å². The summed E-state index contributed by atoms with van der Waals surface area (Å²) >= 11 is 1.11. The average Bonchev–Trinajstić information content (AvgIpc) is 3.03. The fraction of sp³-hybridized carbons (Fsp3) is 0.432. The lowest BCUT2D eigenvalue weighted by Crippen LogP contribution is -2.48. The van der Waals surface area contributed by atoms with Crippen molar-refractivity contribution < 1.29 is 37.5 Å². The maximum absolute atomic E-state index is 13.8. The molecule has 2 aliphatic heterocycles. The Balaban J connectivity index is 1.41. The van der Waals surface area contributed by atoms with Crippen LogP contribution >= 0.6 is 11.8 Å². The first-order valence-corrected chi connectivity index (χ1v) is 18.6. The summed E-state index contributed by atoms with van der Waals surface area (Å²) in [5, 5.41) is 31.0. The van der Waals surface area contributed by atoms with Crippen molar-refractivity contribution in [1.82, 2.24) is 9.21 Å². The number of piperazine rings is 1. The number of carbonyl (C=O) groups excluding carboxylic acids is 1. The topological polar surface area (TPSA) is 137 Å². The van der Waals surface area contributed by atoms with Crippen LogP contribution in [-0.2, 0) is 38.1 Å². The van der Waals surface area contributed by atoms with E-state index in [1.54, 1.807) is 43.3 Å². The lowest BCUT2D eigenvalue weighted by Gasteiger charge is -2.37. The van der Waals surface area contributed by atoms with Crippen LogP contribution in [0.25, 0.3) is 0 Å². The first-order valence-electron chi connectivity index (χ1n) is 16.5. The number of aliphatic hydroxyl groups is 1. The first-order chi connectivity index (χ1) is 23.0. The van der Waals surface area contributed by atoms with Gasteiger partial charge in [-0.3, -0.25) is 0 Å². The number of rotatable bonds is 11. The summed E-state index contributed by atoms with van der Waals surface area (Å²) in [5.74, 6) is -0.134. The zero-order valence-electron chi connectivity index (χ0n) is 28.7. The Morgan fingerprint density at radius 1 is 0.878 bits per heavy atom. The zero-order valence-corrected chi connectivity index (χ0v) is 30.4. The highest BCUT2D eigenvalue weighted by Gasteiger charge is 2.42. The van der Waals surface area contributed by atoms with Crippen LogP contribution in [0.3, 0.4) is 0 Å². The third-order valence-corrected chi connectivity index (χ3v) is 11.7. The van der Waals surface area contributed by atoms with Crippen LogP contribution in [0.1, 0.15) is 62.3 Å². The van der Waals surface area contributed by atoms with Gasteiger partial charge in [-0.1, -0.05) is 56.8 Å². The number of hydrogen-bond donors (Lipinski definition) is 3. The molecule has 0 aliphatic carbocycles. The fourth-order valence-corrected chi connectivity index (χ4v) is 8.43. The number of aryl methyl sites for hydroxylation is 3. The van der Waals surface area contributed by atoms with Crippen LogP contribution < -0.4 is 4.18 Å². The summed E-state index contributed by atoms with van der Waals surface area (Å²) in [5.41, 5.74) is 1.82. The Morgan fingerprint density at radius 2 is 1.41 bits per heavy atom. The maximum atomic E-state index is 13.8. The molecule has 3 aromatic rings. The van der Waals surface area contributed by atoms with Crippen molar-refractivity contribution >= 4 is 28.0 Å². The van der Waals surface area contributed by atoms with Crippen LogP contribution in [0.4, 0.5) is 0 Å². The number of likely N-dealkylation sites (N-methyl/N-ethyl adjacent to an activating group) is 1. The summed E-state index contributed by atoms with van der Waals surface area (Å²) in [6.07, 6.45) is 2.13. The van der Waals surface area contributed by atoms with E-state index in [4.69, 9.17) is 8.92 Å². The molecule has 3 N–H and O–H groups in total. The van der Waals surface area contributed by atoms with Crippen LogP contribution in [0.15, 0.2) is 76.2 Å². The molecule has 0 unspecified atom stereocenters. The molecule has 3 aromatic carbocycles. The van der Waals surface area contributed by atoms with Crippen molar-refractivity contribution in [1.29, 1.82) is 0 Å². The van der Waals surface area contributed by atoms with Gasteiger partial charge in [-0.05, 0) is 104 Å². The number of phenols is 2. The molecule has 12 heteroatoms. The molecule has 0 amide bonds. The maximum Gasteiger partial charge on any atom is 0.385 e. The number of ether oxygens (including phenoxy) is 1. The van der Waals surface area contributed by atoms with Crippen LogP contribution in [0.2, 0.25) is 0 Å². The van der Waals surface area contributed by atoms with Crippen LogP contribution in [0, 0.1) is 6.92 Å². The first kappa shape index (κ1) is 36.6. The largest absolute Gasteiger partial charge is 0.511 e. The van der Waals surface area contributed by atoms with Crippen molar-refractivity contribution in [3.63, 3.8) is 0 Å². The van der Waals surface area contributed by atoms with E-state index in [2.05, 4.69) is 4.90 Å². The van der Waals surface area contributed by atoms with Gasteiger partial charge in [0.2, 0.25) is 0 Å². The van der Waals surface area contributed by atoms with Gasteiger partial charge in [0.05, 0.1) is 0 Å². The number of esters is 1. The summed E-state index contributed by atoms with van der Waals surface area (Å²) < 4.78 is 39.7. The minimum absolute atomic E-state index is 0.0619. The fourth-order valence-electron chi connectivity index (χ4n) is 6.07. The van der Waals surface area contributed by atoms with Crippen molar-refractivity contribution in [2.45, 2.75) is 75.7 Å². The van der Waals surface area contributed by atoms with E-state index in [9.17, 15) is 28.5 Å². The summed E-state index contributed by atoms with van der Waals surface area (Å²) in [4.78, 5) is 16.6. The van der Waals surface area contributed by atoms with Gasteiger partial charge in [0, 0.05) is 37.5 Å². The number of thioether (sulfide) groups is 1. The Kier molecular flexibility index (Phi) is 10.9. The second-order valence-electron chi connectivity index (χ2n) is 14.1. The van der Waals surface area contributed by atoms with Crippen LogP contribution in [-0.4, -0.2) is 77.7 Å². The van der Waals surface area contributed by atoms with Crippen molar-refractivity contribution in [2.75, 3.05) is 33.2 Å². The quantitative estimate of drug-likeness (QED) is 0.192. The molecular weight excluding hydrogens is 665 g/mol. The minimum atomic E-state index is -4.02. The summed E-state index contributed by atoms with van der Waals surface area (Å²) in [6, 6.07) is 17.3. The molecule has 2 heterocycles. The van der Waals surface area contributed by atoms with Gasteiger partial charge in [0.15, 0.2) is 0 Å². The molecule has 0 aromatic heterocycles. The second kappa shape index (κ2) is 14.6. The summed E-state index contributed by atoms with van der Waals surface area (Å²) in [6.45, 7) is 9.67.